The van der Waals surface area contributed by atoms with Gasteiger partial charge in [0, 0.05) is 23.9 Å². The summed E-state index contributed by atoms with van der Waals surface area (Å²) in [6, 6.07) is 20.9. The van der Waals surface area contributed by atoms with Crippen LogP contribution in [0, 0.1) is 0 Å². The molecular formula is C23H23N3O3. The van der Waals surface area contributed by atoms with Crippen LogP contribution in [-0.2, 0) is 9.59 Å². The number of rotatable bonds is 8. The maximum Gasteiger partial charge on any atom is 0.240 e. The molecule has 3 rings (SSSR count). The zero-order chi connectivity index (χ0) is 20.5. The molecule has 29 heavy (non-hydrogen) atoms. The van der Waals surface area contributed by atoms with Gasteiger partial charge in [0.25, 0.3) is 0 Å². The Balaban J connectivity index is 1.45. The first-order valence-electron chi connectivity index (χ1n) is 9.48. The molecule has 0 spiro atoms. The van der Waals surface area contributed by atoms with Crippen molar-refractivity contribution in [2.75, 3.05) is 11.9 Å². The van der Waals surface area contributed by atoms with Crippen molar-refractivity contribution in [1.82, 2.24) is 5.43 Å². The first kappa shape index (κ1) is 20.1. The smallest absolute Gasteiger partial charge is 0.240 e. The third kappa shape index (κ3) is 5.90. The highest BCUT2D eigenvalue weighted by atomic mass is 16.5. The molecule has 0 radical (unpaired) electrons. The second kappa shape index (κ2) is 10.0. The van der Waals surface area contributed by atoms with Gasteiger partial charge in [0.2, 0.25) is 11.8 Å². The maximum absolute atomic E-state index is 12.2. The molecule has 0 saturated heterocycles. The highest BCUT2D eigenvalue weighted by Crippen LogP contribution is 2.23. The number of ether oxygens (including phenoxy) is 1. The Kier molecular flexibility index (Phi) is 6.95. The zero-order valence-electron chi connectivity index (χ0n) is 16.2. The Hall–Kier alpha value is -3.67. The molecular weight excluding hydrogens is 366 g/mol. The lowest BCUT2D eigenvalue weighted by molar-refractivity contribution is -0.124. The Morgan fingerprint density at radius 1 is 0.931 bits per heavy atom. The number of carbonyl (C=O) groups is 2. The van der Waals surface area contributed by atoms with Gasteiger partial charge in [0.05, 0.1) is 12.8 Å². The third-order valence-electron chi connectivity index (χ3n) is 4.24. The quantitative estimate of drug-likeness (QED) is 0.449. The SMILES string of the molecule is CCOc1ccc(/C=N/NC(=O)CCC(=O)Nc2cccc3ccccc23)cc1. The van der Waals surface area contributed by atoms with Crippen molar-refractivity contribution in [3.8, 4) is 5.75 Å². The second-order valence-corrected chi connectivity index (χ2v) is 6.37. The van der Waals surface area contributed by atoms with E-state index in [2.05, 4.69) is 15.8 Å². The lowest BCUT2D eigenvalue weighted by atomic mass is 10.1. The number of anilines is 1. The summed E-state index contributed by atoms with van der Waals surface area (Å²) in [7, 11) is 0. The number of nitrogens with zero attached hydrogens (tertiary/aromatic N) is 1. The number of benzene rings is 3. The summed E-state index contributed by atoms with van der Waals surface area (Å²) in [5, 5.41) is 8.80. The van der Waals surface area contributed by atoms with Crippen molar-refractivity contribution in [3.05, 3.63) is 72.3 Å². The first-order chi connectivity index (χ1) is 14.2. The van der Waals surface area contributed by atoms with Gasteiger partial charge in [0.1, 0.15) is 5.75 Å². The van der Waals surface area contributed by atoms with Gasteiger partial charge < -0.3 is 10.1 Å². The van der Waals surface area contributed by atoms with Gasteiger partial charge in [-0.25, -0.2) is 5.43 Å². The van der Waals surface area contributed by atoms with E-state index in [0.29, 0.717) is 6.61 Å². The molecule has 0 aliphatic rings. The molecule has 0 saturated carbocycles. The lowest BCUT2D eigenvalue weighted by Crippen LogP contribution is -2.20. The van der Waals surface area contributed by atoms with E-state index in [1.54, 1.807) is 6.21 Å². The standard InChI is InChI=1S/C23H23N3O3/c1-2-29-19-12-10-17(11-13-19)16-24-26-23(28)15-14-22(27)25-21-9-5-7-18-6-3-4-8-20(18)21/h3-13,16H,2,14-15H2,1H3,(H,25,27)(H,26,28)/b24-16+. The van der Waals surface area contributed by atoms with E-state index in [1.807, 2.05) is 73.7 Å². The van der Waals surface area contributed by atoms with E-state index < -0.39 is 0 Å². The van der Waals surface area contributed by atoms with Crippen molar-refractivity contribution >= 4 is 34.5 Å². The van der Waals surface area contributed by atoms with Gasteiger partial charge in [-0.15, -0.1) is 0 Å². The number of hydrogen-bond acceptors (Lipinski definition) is 4. The van der Waals surface area contributed by atoms with Crippen LogP contribution in [0.25, 0.3) is 10.8 Å². The van der Waals surface area contributed by atoms with Crippen molar-refractivity contribution in [1.29, 1.82) is 0 Å². The van der Waals surface area contributed by atoms with Crippen molar-refractivity contribution < 1.29 is 14.3 Å². The van der Waals surface area contributed by atoms with E-state index in [1.165, 1.54) is 0 Å². The summed E-state index contributed by atoms with van der Waals surface area (Å²) in [5.74, 6) is 0.248. The minimum Gasteiger partial charge on any atom is -0.494 e. The predicted octanol–water partition coefficient (Wildman–Crippen LogP) is 4.11. The molecule has 3 aromatic carbocycles. The molecule has 148 valence electrons. The minimum absolute atomic E-state index is 0.0528. The number of fused-ring (bicyclic) bond motifs is 1. The fourth-order valence-corrected chi connectivity index (χ4v) is 2.83. The van der Waals surface area contributed by atoms with Gasteiger partial charge in [-0.3, -0.25) is 9.59 Å². The van der Waals surface area contributed by atoms with E-state index in [0.717, 1.165) is 27.8 Å². The van der Waals surface area contributed by atoms with Gasteiger partial charge in [0.15, 0.2) is 0 Å². The number of nitrogens with one attached hydrogen (secondary N) is 2. The topological polar surface area (TPSA) is 79.8 Å². The monoisotopic (exact) mass is 389 g/mol. The molecule has 0 fully saturated rings. The number of carbonyl (C=O) groups excluding carboxylic acids is 2. The summed E-state index contributed by atoms with van der Waals surface area (Å²) >= 11 is 0. The molecule has 0 bridgehead atoms. The van der Waals surface area contributed by atoms with Crippen LogP contribution in [-0.4, -0.2) is 24.6 Å². The molecule has 6 nitrogen and oxygen atoms in total. The summed E-state index contributed by atoms with van der Waals surface area (Å²) in [6.45, 7) is 2.53. The summed E-state index contributed by atoms with van der Waals surface area (Å²) < 4.78 is 5.37. The predicted molar refractivity (Wildman–Crippen MR) is 115 cm³/mol. The van der Waals surface area contributed by atoms with Crippen LogP contribution in [0.2, 0.25) is 0 Å². The lowest BCUT2D eigenvalue weighted by Gasteiger charge is -2.08. The number of hydrogen-bond donors (Lipinski definition) is 2. The fraction of sp³-hybridized carbons (Fsp3) is 0.174. The fourth-order valence-electron chi connectivity index (χ4n) is 2.83. The van der Waals surface area contributed by atoms with Gasteiger partial charge >= 0.3 is 0 Å². The van der Waals surface area contributed by atoms with Crippen LogP contribution >= 0.6 is 0 Å². The average Bonchev–Trinajstić information content (AvgIpc) is 2.74. The van der Waals surface area contributed by atoms with Crippen molar-refractivity contribution in [2.24, 2.45) is 5.10 Å². The number of hydrazone groups is 1. The normalized spacial score (nSPS) is 10.8. The Morgan fingerprint density at radius 3 is 2.45 bits per heavy atom. The molecule has 0 aliphatic heterocycles. The van der Waals surface area contributed by atoms with E-state index >= 15 is 0 Å². The molecule has 2 amide bonds. The van der Waals surface area contributed by atoms with Gasteiger partial charge in [-0.05, 0) is 48.2 Å². The summed E-state index contributed by atoms with van der Waals surface area (Å²) in [4.78, 5) is 24.1. The van der Waals surface area contributed by atoms with E-state index in [-0.39, 0.29) is 24.7 Å². The highest BCUT2D eigenvalue weighted by Gasteiger charge is 2.08. The van der Waals surface area contributed by atoms with Crippen molar-refractivity contribution in [3.63, 3.8) is 0 Å². The summed E-state index contributed by atoms with van der Waals surface area (Å²) in [5.41, 5.74) is 4.01. The minimum atomic E-state index is -0.319. The molecule has 0 aromatic heterocycles. The second-order valence-electron chi connectivity index (χ2n) is 6.37. The average molecular weight is 389 g/mol. The van der Waals surface area contributed by atoms with Gasteiger partial charge in [-0.1, -0.05) is 36.4 Å². The van der Waals surface area contributed by atoms with E-state index in [9.17, 15) is 9.59 Å². The number of amides is 2. The first-order valence-corrected chi connectivity index (χ1v) is 9.48. The Morgan fingerprint density at radius 2 is 1.66 bits per heavy atom. The molecule has 0 aliphatic carbocycles. The Labute approximate surface area is 169 Å². The highest BCUT2D eigenvalue weighted by molar-refractivity contribution is 6.02. The molecule has 0 heterocycles. The largest absolute Gasteiger partial charge is 0.494 e. The molecule has 0 unspecified atom stereocenters. The summed E-state index contributed by atoms with van der Waals surface area (Å²) in [6.07, 6.45) is 1.68. The van der Waals surface area contributed by atoms with E-state index in [4.69, 9.17) is 4.74 Å². The molecule has 6 heteroatoms. The van der Waals surface area contributed by atoms with Crippen LogP contribution in [0.5, 0.6) is 5.75 Å². The van der Waals surface area contributed by atoms with Crippen LogP contribution in [0.15, 0.2) is 71.8 Å². The maximum atomic E-state index is 12.2. The van der Waals surface area contributed by atoms with Gasteiger partial charge in [-0.2, -0.15) is 5.10 Å². The Bertz CT molecular complexity index is 1010. The van der Waals surface area contributed by atoms with Crippen LogP contribution in [0.4, 0.5) is 5.69 Å². The van der Waals surface area contributed by atoms with Crippen LogP contribution < -0.4 is 15.5 Å². The zero-order valence-corrected chi connectivity index (χ0v) is 16.2. The molecule has 0 atom stereocenters. The van der Waals surface area contributed by atoms with Crippen molar-refractivity contribution in [2.45, 2.75) is 19.8 Å². The van der Waals surface area contributed by atoms with Crippen LogP contribution in [0.1, 0.15) is 25.3 Å². The van der Waals surface area contributed by atoms with Crippen LogP contribution in [0.3, 0.4) is 0 Å². The molecule has 3 aromatic rings. The third-order valence-corrected chi connectivity index (χ3v) is 4.24. The molecule has 2 N–H and O–H groups in total.